The number of fused-ring (bicyclic) bond motifs is 1. The summed E-state index contributed by atoms with van der Waals surface area (Å²) in [5.41, 5.74) is 7.34. The molecule has 3 aromatic carbocycles. The first kappa shape index (κ1) is 16.7. The standard InChI is InChI=1S/C10H15.C9H7.Co/c1-6-7(2)9(4)10(5)8(6)3;1-2-5-9-7-3-6-8(9)4-1;/h1-5H3;1-7H;/q2*-1;. The minimum absolute atomic E-state index is 0. The molecule has 0 bridgehead atoms. The van der Waals surface area contributed by atoms with Gasteiger partial charge in [-0.1, -0.05) is 40.0 Å². The van der Waals surface area contributed by atoms with Crippen molar-refractivity contribution in [2.24, 2.45) is 0 Å². The summed E-state index contributed by atoms with van der Waals surface area (Å²) in [5, 5.41) is 2.66. The van der Waals surface area contributed by atoms with E-state index in [9.17, 15) is 0 Å². The molecular weight excluding hydrogens is 287 g/mol. The van der Waals surface area contributed by atoms with Crippen LogP contribution in [0.25, 0.3) is 10.8 Å². The molecule has 0 nitrogen and oxygen atoms in total. The minimum atomic E-state index is 0. The molecule has 3 aromatic rings. The van der Waals surface area contributed by atoms with Crippen LogP contribution in [0.3, 0.4) is 0 Å². The van der Waals surface area contributed by atoms with E-state index in [1.165, 1.54) is 38.6 Å². The predicted octanol–water partition coefficient (Wildman–Crippen LogP) is 5.50. The van der Waals surface area contributed by atoms with Crippen molar-refractivity contribution in [2.75, 3.05) is 0 Å². The van der Waals surface area contributed by atoms with Crippen molar-refractivity contribution in [3.05, 3.63) is 70.3 Å². The van der Waals surface area contributed by atoms with Crippen LogP contribution in [0.15, 0.2) is 42.5 Å². The third-order valence-electron chi connectivity index (χ3n) is 4.36. The van der Waals surface area contributed by atoms with Gasteiger partial charge in [0.15, 0.2) is 0 Å². The van der Waals surface area contributed by atoms with Gasteiger partial charge in [0.1, 0.15) is 0 Å². The first-order valence-electron chi connectivity index (χ1n) is 6.82. The second-order valence-corrected chi connectivity index (χ2v) is 5.28. The van der Waals surface area contributed by atoms with E-state index in [2.05, 4.69) is 77.1 Å². The van der Waals surface area contributed by atoms with Crippen LogP contribution in [0.2, 0.25) is 0 Å². The summed E-state index contributed by atoms with van der Waals surface area (Å²) in [6, 6.07) is 14.7. The topological polar surface area (TPSA) is 0 Å². The number of rotatable bonds is 0. The molecule has 0 saturated heterocycles. The largest absolute Gasteiger partial charge is 0.196 e. The average Bonchev–Trinajstić information content (AvgIpc) is 2.97. The fourth-order valence-corrected chi connectivity index (χ4v) is 2.48. The molecule has 0 aliphatic rings. The Morgan fingerprint density at radius 1 is 0.750 bits per heavy atom. The molecule has 0 unspecified atom stereocenters. The maximum atomic E-state index is 2.20. The fraction of sp³-hybridized carbons (Fsp3) is 0.263. The van der Waals surface area contributed by atoms with Gasteiger partial charge in [-0.15, -0.1) is 35.7 Å². The third-order valence-corrected chi connectivity index (χ3v) is 4.36. The van der Waals surface area contributed by atoms with E-state index in [1.807, 2.05) is 0 Å². The van der Waals surface area contributed by atoms with Gasteiger partial charge in [-0.25, -0.2) is 0 Å². The quantitative estimate of drug-likeness (QED) is 0.481. The Morgan fingerprint density at radius 2 is 1.25 bits per heavy atom. The van der Waals surface area contributed by atoms with E-state index < -0.39 is 0 Å². The van der Waals surface area contributed by atoms with Gasteiger partial charge in [0.25, 0.3) is 0 Å². The fourth-order valence-electron chi connectivity index (χ4n) is 2.48. The van der Waals surface area contributed by atoms with Gasteiger partial charge in [-0.2, -0.15) is 39.9 Å². The molecule has 0 aromatic heterocycles. The van der Waals surface area contributed by atoms with E-state index in [0.717, 1.165) is 0 Å². The summed E-state index contributed by atoms with van der Waals surface area (Å²) in [6.07, 6.45) is 0. The van der Waals surface area contributed by atoms with Crippen molar-refractivity contribution < 1.29 is 16.8 Å². The monoisotopic (exact) mass is 309 g/mol. The smallest absolute Gasteiger partial charge is 0 e. The Morgan fingerprint density at radius 3 is 1.70 bits per heavy atom. The Labute approximate surface area is 132 Å². The first-order valence-corrected chi connectivity index (χ1v) is 6.82. The molecule has 0 aliphatic heterocycles. The van der Waals surface area contributed by atoms with Crippen LogP contribution in [-0.4, -0.2) is 0 Å². The second-order valence-electron chi connectivity index (χ2n) is 5.28. The van der Waals surface area contributed by atoms with Crippen LogP contribution in [0.4, 0.5) is 0 Å². The van der Waals surface area contributed by atoms with Crippen LogP contribution in [0.1, 0.15) is 27.8 Å². The first-order chi connectivity index (χ1) is 9.02. The van der Waals surface area contributed by atoms with E-state index in [1.54, 1.807) is 0 Å². The maximum absolute atomic E-state index is 2.20. The molecule has 3 rings (SSSR count). The van der Waals surface area contributed by atoms with Crippen molar-refractivity contribution in [3.8, 4) is 0 Å². The molecule has 0 spiro atoms. The summed E-state index contributed by atoms with van der Waals surface area (Å²) in [6.45, 7) is 11.0. The normalized spacial score (nSPS) is 9.85. The summed E-state index contributed by atoms with van der Waals surface area (Å²) in [4.78, 5) is 0. The number of benzene rings is 1. The molecule has 0 saturated carbocycles. The van der Waals surface area contributed by atoms with E-state index >= 15 is 0 Å². The molecular formula is C19H22Co-2. The molecule has 0 heterocycles. The van der Waals surface area contributed by atoms with E-state index in [0.29, 0.717) is 0 Å². The van der Waals surface area contributed by atoms with Crippen molar-refractivity contribution >= 4 is 10.8 Å². The molecule has 0 amide bonds. The van der Waals surface area contributed by atoms with Gasteiger partial charge in [0, 0.05) is 16.8 Å². The maximum Gasteiger partial charge on any atom is 0 e. The molecule has 20 heavy (non-hydrogen) atoms. The van der Waals surface area contributed by atoms with Gasteiger partial charge >= 0.3 is 0 Å². The van der Waals surface area contributed by atoms with Crippen LogP contribution in [0, 0.1) is 34.6 Å². The molecule has 1 radical (unpaired) electrons. The van der Waals surface area contributed by atoms with Crippen molar-refractivity contribution in [2.45, 2.75) is 34.6 Å². The van der Waals surface area contributed by atoms with Crippen molar-refractivity contribution in [3.63, 3.8) is 0 Å². The van der Waals surface area contributed by atoms with Gasteiger partial charge in [-0.05, 0) is 0 Å². The van der Waals surface area contributed by atoms with E-state index in [-0.39, 0.29) is 16.8 Å². The summed E-state index contributed by atoms with van der Waals surface area (Å²) < 4.78 is 0. The predicted molar refractivity (Wildman–Crippen MR) is 85.3 cm³/mol. The second kappa shape index (κ2) is 6.91. The SMILES string of the molecule is Cc1c(C)c(C)[c-](C)c1C.[Co].c1cc[c-]2cccc2c1. The average molecular weight is 309 g/mol. The van der Waals surface area contributed by atoms with Gasteiger partial charge in [0.05, 0.1) is 0 Å². The minimum Gasteiger partial charge on any atom is -0.196 e. The Bertz CT molecular complexity index is 573. The summed E-state index contributed by atoms with van der Waals surface area (Å²) in [7, 11) is 0. The molecule has 0 atom stereocenters. The Kier molecular flexibility index (Phi) is 5.79. The summed E-state index contributed by atoms with van der Waals surface area (Å²) in [5.74, 6) is 0. The van der Waals surface area contributed by atoms with Crippen molar-refractivity contribution in [1.82, 2.24) is 0 Å². The Balaban J connectivity index is 0.000000191. The zero-order valence-electron chi connectivity index (χ0n) is 12.9. The molecule has 0 aliphatic carbocycles. The zero-order chi connectivity index (χ0) is 14.0. The third kappa shape index (κ3) is 3.22. The number of hydrogen-bond donors (Lipinski definition) is 0. The number of hydrogen-bond acceptors (Lipinski definition) is 0. The van der Waals surface area contributed by atoms with Crippen LogP contribution in [0.5, 0.6) is 0 Å². The molecule has 0 fully saturated rings. The van der Waals surface area contributed by atoms with Crippen LogP contribution >= 0.6 is 0 Å². The Hall–Kier alpha value is -1.31. The summed E-state index contributed by atoms with van der Waals surface area (Å²) >= 11 is 0. The van der Waals surface area contributed by atoms with Crippen LogP contribution in [-0.2, 0) is 16.8 Å². The van der Waals surface area contributed by atoms with Gasteiger partial charge < -0.3 is 0 Å². The van der Waals surface area contributed by atoms with Gasteiger partial charge in [0.2, 0.25) is 0 Å². The molecule has 1 heteroatoms. The molecule has 0 N–H and O–H groups in total. The van der Waals surface area contributed by atoms with Crippen LogP contribution < -0.4 is 0 Å². The van der Waals surface area contributed by atoms with Crippen molar-refractivity contribution in [1.29, 1.82) is 0 Å². The van der Waals surface area contributed by atoms with E-state index in [4.69, 9.17) is 0 Å². The molecule has 109 valence electrons. The zero-order valence-corrected chi connectivity index (χ0v) is 13.9. The van der Waals surface area contributed by atoms with Gasteiger partial charge in [-0.3, -0.25) is 0 Å².